The molecule has 2 atom stereocenters. The first-order chi connectivity index (χ1) is 10.3. The fourth-order valence-corrected chi connectivity index (χ4v) is 4.13. The summed E-state index contributed by atoms with van der Waals surface area (Å²) in [5, 5.41) is 8.89. The Labute approximate surface area is 128 Å². The van der Waals surface area contributed by atoms with Crippen molar-refractivity contribution in [2.75, 3.05) is 24.7 Å². The largest absolute Gasteiger partial charge is 0.376 e. The van der Waals surface area contributed by atoms with Gasteiger partial charge in [-0.3, -0.25) is 4.79 Å². The number of nitriles is 1. The first kappa shape index (κ1) is 14.5. The number of aromatic nitrogens is 1. The van der Waals surface area contributed by atoms with Gasteiger partial charge in [0.1, 0.15) is 11.8 Å². The summed E-state index contributed by atoms with van der Waals surface area (Å²) in [7, 11) is 0. The van der Waals surface area contributed by atoms with E-state index in [1.165, 1.54) is 0 Å². The Bertz CT molecular complexity index is 539. The Morgan fingerprint density at radius 1 is 1.57 bits per heavy atom. The van der Waals surface area contributed by atoms with Crippen molar-refractivity contribution in [2.24, 2.45) is 0 Å². The second-order valence-electron chi connectivity index (χ2n) is 5.52. The van der Waals surface area contributed by atoms with E-state index in [1.54, 1.807) is 12.3 Å². The molecule has 5 nitrogen and oxygen atoms in total. The van der Waals surface area contributed by atoms with Gasteiger partial charge in [0, 0.05) is 31.1 Å². The van der Waals surface area contributed by atoms with Crippen LogP contribution in [0.1, 0.15) is 35.3 Å². The highest BCUT2D eigenvalue weighted by Gasteiger charge is 2.31. The average Bonchev–Trinajstić information content (AvgIpc) is 3.25. The lowest BCUT2D eigenvalue weighted by Gasteiger charge is -2.30. The number of hydrogen-bond acceptors (Lipinski definition) is 4. The van der Waals surface area contributed by atoms with Gasteiger partial charge >= 0.3 is 0 Å². The number of H-pyrrole nitrogens is 1. The quantitative estimate of drug-likeness (QED) is 0.924. The Morgan fingerprint density at radius 2 is 2.48 bits per heavy atom. The highest BCUT2D eigenvalue weighted by molar-refractivity contribution is 7.99. The molecule has 3 rings (SSSR count). The third-order valence-corrected chi connectivity index (χ3v) is 5.22. The predicted octanol–water partition coefficient (Wildman–Crippen LogP) is 2.01. The van der Waals surface area contributed by atoms with Crippen LogP contribution in [0.5, 0.6) is 0 Å². The number of amides is 1. The van der Waals surface area contributed by atoms with Gasteiger partial charge in [0.15, 0.2) is 0 Å². The van der Waals surface area contributed by atoms with Crippen molar-refractivity contribution in [3.8, 4) is 6.07 Å². The summed E-state index contributed by atoms with van der Waals surface area (Å²) in [5.74, 6) is 2.08. The summed E-state index contributed by atoms with van der Waals surface area (Å²) in [4.78, 5) is 17.6. The Kier molecular flexibility index (Phi) is 4.51. The number of nitrogens with zero attached hydrogens (tertiary/aromatic N) is 2. The summed E-state index contributed by atoms with van der Waals surface area (Å²) in [5.41, 5.74) is 0.998. The number of nitrogens with one attached hydrogen (secondary N) is 1. The van der Waals surface area contributed by atoms with Crippen molar-refractivity contribution in [1.29, 1.82) is 5.26 Å². The van der Waals surface area contributed by atoms with E-state index in [2.05, 4.69) is 11.1 Å². The Balaban J connectivity index is 1.76. The lowest BCUT2D eigenvalue weighted by Crippen LogP contribution is -2.44. The van der Waals surface area contributed by atoms with Gasteiger partial charge in [-0.05, 0) is 31.1 Å². The van der Waals surface area contributed by atoms with Crippen LogP contribution in [0.25, 0.3) is 0 Å². The molecule has 3 heterocycles. The van der Waals surface area contributed by atoms with Crippen molar-refractivity contribution in [3.63, 3.8) is 0 Å². The van der Waals surface area contributed by atoms with E-state index in [-0.39, 0.29) is 18.1 Å². The third-order valence-electron chi connectivity index (χ3n) is 4.07. The van der Waals surface area contributed by atoms with Crippen LogP contribution in [-0.4, -0.2) is 52.6 Å². The number of aromatic amines is 1. The lowest BCUT2D eigenvalue weighted by molar-refractivity contribution is 0.0438. The molecule has 1 N–H and O–H groups in total. The molecule has 2 aliphatic rings. The van der Waals surface area contributed by atoms with Crippen LogP contribution in [0.3, 0.4) is 0 Å². The molecule has 0 spiro atoms. The lowest BCUT2D eigenvalue weighted by atomic mass is 10.1. The fraction of sp³-hybridized carbons (Fsp3) is 0.600. The molecule has 0 saturated carbocycles. The summed E-state index contributed by atoms with van der Waals surface area (Å²) >= 11 is 1.89. The number of carbonyl (C=O) groups excluding carboxylic acids is 1. The molecule has 112 valence electrons. The van der Waals surface area contributed by atoms with Crippen LogP contribution in [0.2, 0.25) is 0 Å². The van der Waals surface area contributed by atoms with Crippen molar-refractivity contribution in [1.82, 2.24) is 9.88 Å². The van der Waals surface area contributed by atoms with Gasteiger partial charge in [-0.2, -0.15) is 17.0 Å². The minimum Gasteiger partial charge on any atom is -0.376 e. The zero-order chi connectivity index (χ0) is 14.7. The SMILES string of the molecule is N#Cc1c[nH]c(C(=O)N(C[C@@H]2CCCO2)[C@H]2CCSC2)c1. The molecular weight excluding hydrogens is 286 g/mol. The molecular formula is C15H19N3O2S. The maximum absolute atomic E-state index is 12.8. The van der Waals surface area contributed by atoms with Crippen molar-refractivity contribution >= 4 is 17.7 Å². The summed E-state index contributed by atoms with van der Waals surface area (Å²) in [6.07, 6.45) is 4.88. The molecule has 2 aliphatic heterocycles. The Hall–Kier alpha value is -1.45. The molecule has 0 radical (unpaired) electrons. The van der Waals surface area contributed by atoms with E-state index in [4.69, 9.17) is 10.00 Å². The fourth-order valence-electron chi connectivity index (χ4n) is 2.91. The smallest absolute Gasteiger partial charge is 0.270 e. The van der Waals surface area contributed by atoms with Gasteiger partial charge in [-0.25, -0.2) is 0 Å². The van der Waals surface area contributed by atoms with Crippen molar-refractivity contribution in [2.45, 2.75) is 31.4 Å². The number of rotatable bonds is 4. The van der Waals surface area contributed by atoms with Gasteiger partial charge in [0.25, 0.3) is 5.91 Å². The van der Waals surface area contributed by atoms with Crippen LogP contribution in [0.15, 0.2) is 12.3 Å². The highest BCUT2D eigenvalue weighted by atomic mass is 32.2. The molecule has 6 heteroatoms. The van der Waals surface area contributed by atoms with Crippen LogP contribution in [-0.2, 0) is 4.74 Å². The van der Waals surface area contributed by atoms with E-state index in [9.17, 15) is 4.79 Å². The maximum atomic E-state index is 12.8. The number of ether oxygens (including phenoxy) is 1. The summed E-state index contributed by atoms with van der Waals surface area (Å²) in [6, 6.07) is 3.96. The third kappa shape index (κ3) is 3.25. The van der Waals surface area contributed by atoms with E-state index in [0.29, 0.717) is 17.8 Å². The van der Waals surface area contributed by atoms with E-state index in [0.717, 1.165) is 37.4 Å². The Morgan fingerprint density at radius 3 is 3.10 bits per heavy atom. The minimum absolute atomic E-state index is 0.0144. The van der Waals surface area contributed by atoms with Crippen LogP contribution < -0.4 is 0 Å². The monoisotopic (exact) mass is 305 g/mol. The highest BCUT2D eigenvalue weighted by Crippen LogP contribution is 2.25. The van der Waals surface area contributed by atoms with Gasteiger partial charge in [0.2, 0.25) is 0 Å². The topological polar surface area (TPSA) is 69.1 Å². The molecule has 21 heavy (non-hydrogen) atoms. The predicted molar refractivity (Wildman–Crippen MR) is 81.2 cm³/mol. The van der Waals surface area contributed by atoms with Gasteiger partial charge in [-0.1, -0.05) is 0 Å². The molecule has 2 fully saturated rings. The normalized spacial score (nSPS) is 24.9. The number of carbonyl (C=O) groups is 1. The maximum Gasteiger partial charge on any atom is 0.270 e. The van der Waals surface area contributed by atoms with Crippen molar-refractivity contribution < 1.29 is 9.53 Å². The first-order valence-electron chi connectivity index (χ1n) is 7.37. The average molecular weight is 305 g/mol. The second-order valence-corrected chi connectivity index (χ2v) is 6.67. The molecule has 2 saturated heterocycles. The number of hydrogen-bond donors (Lipinski definition) is 1. The van der Waals surface area contributed by atoms with Gasteiger partial charge < -0.3 is 14.6 Å². The van der Waals surface area contributed by atoms with Crippen molar-refractivity contribution in [3.05, 3.63) is 23.5 Å². The van der Waals surface area contributed by atoms with Crippen LogP contribution >= 0.6 is 11.8 Å². The summed E-state index contributed by atoms with van der Waals surface area (Å²) < 4.78 is 5.69. The molecule has 1 aromatic heterocycles. The zero-order valence-corrected chi connectivity index (χ0v) is 12.7. The molecule has 0 unspecified atom stereocenters. The first-order valence-corrected chi connectivity index (χ1v) is 8.52. The van der Waals surface area contributed by atoms with Gasteiger partial charge in [-0.15, -0.1) is 0 Å². The van der Waals surface area contributed by atoms with E-state index >= 15 is 0 Å². The van der Waals surface area contributed by atoms with Crippen LogP contribution in [0.4, 0.5) is 0 Å². The van der Waals surface area contributed by atoms with Gasteiger partial charge in [0.05, 0.1) is 11.7 Å². The molecule has 0 aliphatic carbocycles. The molecule has 0 aromatic carbocycles. The zero-order valence-electron chi connectivity index (χ0n) is 11.9. The molecule has 0 bridgehead atoms. The van der Waals surface area contributed by atoms with Crippen LogP contribution in [0, 0.1) is 11.3 Å². The molecule has 1 aromatic rings. The van der Waals surface area contributed by atoms with E-state index in [1.807, 2.05) is 16.7 Å². The summed E-state index contributed by atoms with van der Waals surface area (Å²) in [6.45, 7) is 1.46. The second kappa shape index (κ2) is 6.54. The molecule has 1 amide bonds. The minimum atomic E-state index is -0.0144. The van der Waals surface area contributed by atoms with E-state index < -0.39 is 0 Å². The standard InChI is InChI=1S/C15H19N3O2S/c16-7-11-6-14(17-8-11)15(19)18(12-3-5-21-10-12)9-13-2-1-4-20-13/h6,8,12-13,17H,1-5,9-10H2/t12-,13-/m0/s1. The number of thioether (sulfide) groups is 1.